The molecule has 1 aromatic heterocycles. The van der Waals surface area contributed by atoms with Crippen molar-refractivity contribution >= 4 is 28.9 Å². The predicted molar refractivity (Wildman–Crippen MR) is 126 cm³/mol. The van der Waals surface area contributed by atoms with Crippen molar-refractivity contribution in [3.63, 3.8) is 0 Å². The van der Waals surface area contributed by atoms with Crippen LogP contribution < -0.4 is 4.90 Å². The molecule has 178 valence electrons. The molecule has 0 bridgehead atoms. The Kier molecular flexibility index (Phi) is 7.07. The molecule has 0 spiro atoms. The van der Waals surface area contributed by atoms with Crippen molar-refractivity contribution in [1.82, 2.24) is 0 Å². The standard InChI is InChI=1S/C26H24F3NO3S/c27-26(28,29)20-12-10-18(11-13-20)16-30(23(31)14-17-6-4-5-7-17)21-15-22(34-24(21)25(32)33)19-8-2-1-3-9-19/h1-3,8-13,15,17H,4-7,14,16H2,(H,32,33). The van der Waals surface area contributed by atoms with Gasteiger partial charge in [0.05, 0.1) is 17.8 Å². The second-order valence-corrected chi connectivity index (χ2v) is 9.58. The van der Waals surface area contributed by atoms with Crippen molar-refractivity contribution in [3.8, 4) is 10.4 Å². The Hall–Kier alpha value is -3.13. The van der Waals surface area contributed by atoms with Gasteiger partial charge in [0.15, 0.2) is 0 Å². The first-order valence-electron chi connectivity index (χ1n) is 11.1. The Labute approximate surface area is 199 Å². The average molecular weight is 488 g/mol. The maximum atomic E-state index is 13.4. The average Bonchev–Trinajstić information content (AvgIpc) is 3.48. The van der Waals surface area contributed by atoms with Crippen molar-refractivity contribution in [2.45, 2.75) is 44.8 Å². The number of hydrogen-bond donors (Lipinski definition) is 1. The van der Waals surface area contributed by atoms with E-state index in [0.717, 1.165) is 54.7 Å². The number of nitrogens with zero attached hydrogens (tertiary/aromatic N) is 1. The van der Waals surface area contributed by atoms with Crippen LogP contribution in [0.15, 0.2) is 60.7 Å². The van der Waals surface area contributed by atoms with Crippen LogP contribution in [0.3, 0.4) is 0 Å². The van der Waals surface area contributed by atoms with Gasteiger partial charge in [-0.3, -0.25) is 4.79 Å². The number of aromatic carboxylic acids is 1. The van der Waals surface area contributed by atoms with Crippen LogP contribution in [0.5, 0.6) is 0 Å². The molecule has 1 saturated carbocycles. The Morgan fingerprint density at radius 3 is 2.24 bits per heavy atom. The zero-order valence-electron chi connectivity index (χ0n) is 18.3. The maximum absolute atomic E-state index is 13.4. The summed E-state index contributed by atoms with van der Waals surface area (Å²) in [5.74, 6) is -1.12. The van der Waals surface area contributed by atoms with Gasteiger partial charge in [-0.15, -0.1) is 11.3 Å². The quantitative estimate of drug-likeness (QED) is 0.382. The number of thiophene rings is 1. The van der Waals surface area contributed by atoms with Crippen LogP contribution in [0.25, 0.3) is 10.4 Å². The summed E-state index contributed by atoms with van der Waals surface area (Å²) in [6, 6.07) is 15.6. The molecule has 8 heteroatoms. The second kappa shape index (κ2) is 10.0. The number of amides is 1. The number of carboxylic acids is 1. The molecule has 0 atom stereocenters. The van der Waals surface area contributed by atoms with Gasteiger partial charge in [-0.25, -0.2) is 4.79 Å². The molecular weight excluding hydrogens is 463 g/mol. The zero-order valence-corrected chi connectivity index (χ0v) is 19.2. The van der Waals surface area contributed by atoms with E-state index < -0.39 is 17.7 Å². The summed E-state index contributed by atoms with van der Waals surface area (Å²) in [4.78, 5) is 27.7. The van der Waals surface area contributed by atoms with E-state index in [-0.39, 0.29) is 35.4 Å². The third kappa shape index (κ3) is 5.50. The van der Waals surface area contributed by atoms with Gasteiger partial charge in [-0.2, -0.15) is 13.2 Å². The largest absolute Gasteiger partial charge is 0.477 e. The summed E-state index contributed by atoms with van der Waals surface area (Å²) in [6.45, 7) is -0.00503. The van der Waals surface area contributed by atoms with Crippen LogP contribution in [0.2, 0.25) is 0 Å². The third-order valence-electron chi connectivity index (χ3n) is 6.12. The first-order valence-corrected chi connectivity index (χ1v) is 11.9. The van der Waals surface area contributed by atoms with E-state index in [2.05, 4.69) is 0 Å². The van der Waals surface area contributed by atoms with Crippen LogP contribution in [0.4, 0.5) is 18.9 Å². The highest BCUT2D eigenvalue weighted by atomic mass is 32.1. The molecular formula is C26H24F3NO3S. The molecule has 1 fully saturated rings. The van der Waals surface area contributed by atoms with E-state index in [4.69, 9.17) is 0 Å². The number of halogens is 3. The molecule has 0 unspecified atom stereocenters. The predicted octanol–water partition coefficient (Wildman–Crippen LogP) is 7.25. The number of carbonyl (C=O) groups excluding carboxylic acids is 1. The van der Waals surface area contributed by atoms with E-state index in [1.807, 2.05) is 30.3 Å². The minimum atomic E-state index is -4.45. The highest BCUT2D eigenvalue weighted by Gasteiger charge is 2.31. The summed E-state index contributed by atoms with van der Waals surface area (Å²) in [6.07, 6.45) is -0.141. The summed E-state index contributed by atoms with van der Waals surface area (Å²) >= 11 is 1.08. The van der Waals surface area contributed by atoms with Gasteiger partial charge in [0.1, 0.15) is 4.88 Å². The second-order valence-electron chi connectivity index (χ2n) is 8.53. The normalized spacial score (nSPS) is 14.3. The van der Waals surface area contributed by atoms with Crippen LogP contribution >= 0.6 is 11.3 Å². The molecule has 3 aromatic rings. The van der Waals surface area contributed by atoms with E-state index in [1.165, 1.54) is 17.0 Å². The highest BCUT2D eigenvalue weighted by molar-refractivity contribution is 7.18. The summed E-state index contributed by atoms with van der Waals surface area (Å²) in [5, 5.41) is 9.88. The minimum absolute atomic E-state index is 0.00503. The molecule has 1 amide bonds. The van der Waals surface area contributed by atoms with Crippen molar-refractivity contribution in [2.24, 2.45) is 5.92 Å². The van der Waals surface area contributed by atoms with Crippen LogP contribution in [-0.4, -0.2) is 17.0 Å². The molecule has 1 aliphatic rings. The third-order valence-corrected chi connectivity index (χ3v) is 7.28. The van der Waals surface area contributed by atoms with E-state index in [9.17, 15) is 27.9 Å². The van der Waals surface area contributed by atoms with Crippen molar-refractivity contribution in [2.75, 3.05) is 4.90 Å². The van der Waals surface area contributed by atoms with Crippen LogP contribution in [0.1, 0.15) is 52.9 Å². The van der Waals surface area contributed by atoms with Crippen LogP contribution in [0, 0.1) is 5.92 Å². The minimum Gasteiger partial charge on any atom is -0.477 e. The fourth-order valence-corrected chi connectivity index (χ4v) is 5.35. The fraction of sp³-hybridized carbons (Fsp3) is 0.308. The lowest BCUT2D eigenvalue weighted by atomic mass is 10.0. The number of hydrogen-bond acceptors (Lipinski definition) is 3. The van der Waals surface area contributed by atoms with E-state index in [0.29, 0.717) is 10.4 Å². The Balaban J connectivity index is 1.71. The van der Waals surface area contributed by atoms with Gasteiger partial charge in [0.2, 0.25) is 5.91 Å². The fourth-order valence-electron chi connectivity index (χ4n) is 4.34. The number of rotatable bonds is 7. The maximum Gasteiger partial charge on any atom is 0.416 e. The van der Waals surface area contributed by atoms with Gasteiger partial charge in [0.25, 0.3) is 0 Å². The lowest BCUT2D eigenvalue weighted by molar-refractivity contribution is -0.137. The van der Waals surface area contributed by atoms with Crippen LogP contribution in [-0.2, 0) is 17.5 Å². The number of carboxylic acid groups (broad SMARTS) is 1. The molecule has 0 radical (unpaired) electrons. The molecule has 1 aliphatic carbocycles. The Bertz CT molecular complexity index is 1150. The smallest absolute Gasteiger partial charge is 0.416 e. The SMILES string of the molecule is O=C(O)c1sc(-c2ccccc2)cc1N(Cc1ccc(C(F)(F)F)cc1)C(=O)CC1CCCC1. The first kappa shape index (κ1) is 24.0. The number of alkyl halides is 3. The number of carbonyl (C=O) groups is 2. The van der Waals surface area contributed by atoms with Crippen molar-refractivity contribution < 1.29 is 27.9 Å². The molecule has 4 nitrogen and oxygen atoms in total. The molecule has 34 heavy (non-hydrogen) atoms. The molecule has 4 rings (SSSR count). The molecule has 0 saturated heterocycles. The Morgan fingerprint density at radius 1 is 1.00 bits per heavy atom. The highest BCUT2D eigenvalue weighted by Crippen LogP contribution is 2.39. The first-order chi connectivity index (χ1) is 16.2. The molecule has 0 aliphatic heterocycles. The number of anilines is 1. The Morgan fingerprint density at radius 2 is 1.65 bits per heavy atom. The molecule has 1 N–H and O–H groups in total. The molecule has 2 aromatic carbocycles. The zero-order chi connectivity index (χ0) is 24.3. The van der Waals surface area contributed by atoms with Gasteiger partial charge in [-0.1, -0.05) is 55.3 Å². The lowest BCUT2D eigenvalue weighted by Crippen LogP contribution is -2.32. The lowest BCUT2D eigenvalue weighted by Gasteiger charge is -2.24. The van der Waals surface area contributed by atoms with Crippen molar-refractivity contribution in [3.05, 3.63) is 76.7 Å². The van der Waals surface area contributed by atoms with Gasteiger partial charge >= 0.3 is 12.1 Å². The monoisotopic (exact) mass is 487 g/mol. The van der Waals surface area contributed by atoms with E-state index >= 15 is 0 Å². The van der Waals surface area contributed by atoms with Gasteiger partial charge < -0.3 is 10.0 Å². The van der Waals surface area contributed by atoms with Gasteiger partial charge in [-0.05, 0) is 48.1 Å². The van der Waals surface area contributed by atoms with Gasteiger partial charge in [0, 0.05) is 11.3 Å². The summed E-state index contributed by atoms with van der Waals surface area (Å²) in [7, 11) is 0. The van der Waals surface area contributed by atoms with Crippen molar-refractivity contribution in [1.29, 1.82) is 0 Å². The topological polar surface area (TPSA) is 57.6 Å². The van der Waals surface area contributed by atoms with E-state index in [1.54, 1.807) is 6.07 Å². The molecule has 1 heterocycles. The summed E-state index contributed by atoms with van der Waals surface area (Å²) < 4.78 is 38.9. The summed E-state index contributed by atoms with van der Waals surface area (Å²) in [5.41, 5.74) is 0.836. The number of benzene rings is 2.